The van der Waals surface area contributed by atoms with E-state index >= 15 is 0 Å². The standard InChI is InChI=1S/C30H35Cl2N3O4S/c1-4-17-33-30(37)28(18-22-11-7-6-8-12-22)34(20-24-15-16-25(31)19-26(24)32)29(36)21-35(40(3,38)39)27-14-10-9-13-23(27)5-2/h6-16,19,28H,4-5,17-18,20-21H2,1-3H3,(H,33,37). The molecule has 10 heteroatoms. The van der Waals surface area contributed by atoms with E-state index in [0.717, 1.165) is 28.1 Å². The van der Waals surface area contributed by atoms with Gasteiger partial charge in [-0.25, -0.2) is 8.42 Å². The van der Waals surface area contributed by atoms with Gasteiger partial charge in [-0.2, -0.15) is 0 Å². The van der Waals surface area contributed by atoms with Crippen LogP contribution in [0.3, 0.4) is 0 Å². The van der Waals surface area contributed by atoms with Crippen LogP contribution in [-0.2, 0) is 39.0 Å². The van der Waals surface area contributed by atoms with Crippen molar-refractivity contribution in [1.82, 2.24) is 10.2 Å². The molecule has 0 saturated carbocycles. The van der Waals surface area contributed by atoms with E-state index in [1.807, 2.05) is 56.3 Å². The minimum atomic E-state index is -3.84. The van der Waals surface area contributed by atoms with Crippen molar-refractivity contribution in [1.29, 1.82) is 0 Å². The second-order valence-electron chi connectivity index (χ2n) is 9.51. The minimum Gasteiger partial charge on any atom is -0.354 e. The fourth-order valence-electron chi connectivity index (χ4n) is 4.40. The van der Waals surface area contributed by atoms with Gasteiger partial charge in [0.25, 0.3) is 0 Å². The van der Waals surface area contributed by atoms with Crippen LogP contribution >= 0.6 is 23.2 Å². The summed E-state index contributed by atoms with van der Waals surface area (Å²) in [7, 11) is -3.84. The lowest BCUT2D eigenvalue weighted by molar-refractivity contribution is -0.140. The minimum absolute atomic E-state index is 0.0150. The maximum Gasteiger partial charge on any atom is 0.244 e. The van der Waals surface area contributed by atoms with Crippen molar-refractivity contribution in [2.75, 3.05) is 23.7 Å². The number of hydrogen-bond donors (Lipinski definition) is 1. The Bertz CT molecular complexity index is 1420. The van der Waals surface area contributed by atoms with E-state index in [-0.39, 0.29) is 18.9 Å². The molecule has 3 aromatic rings. The quantitative estimate of drug-likeness (QED) is 0.280. The fourth-order valence-corrected chi connectivity index (χ4v) is 5.75. The van der Waals surface area contributed by atoms with E-state index in [1.165, 1.54) is 4.90 Å². The first-order chi connectivity index (χ1) is 19.0. The summed E-state index contributed by atoms with van der Waals surface area (Å²) in [5.41, 5.74) is 2.66. The van der Waals surface area contributed by atoms with Crippen LogP contribution in [0, 0.1) is 0 Å². The maximum absolute atomic E-state index is 14.1. The van der Waals surface area contributed by atoms with Gasteiger partial charge in [-0.3, -0.25) is 13.9 Å². The predicted octanol–water partition coefficient (Wildman–Crippen LogP) is 5.49. The molecule has 1 unspecified atom stereocenters. The molecule has 1 N–H and O–H groups in total. The average Bonchev–Trinajstić information content (AvgIpc) is 2.93. The Hall–Kier alpha value is -3.07. The van der Waals surface area contributed by atoms with E-state index in [4.69, 9.17) is 23.2 Å². The number of rotatable bonds is 13. The molecule has 0 aliphatic rings. The Labute approximate surface area is 247 Å². The first-order valence-corrected chi connectivity index (χ1v) is 15.8. The molecular weight excluding hydrogens is 569 g/mol. The molecule has 3 rings (SSSR count). The molecule has 0 radical (unpaired) electrons. The van der Waals surface area contributed by atoms with Crippen LogP contribution in [0.5, 0.6) is 0 Å². The molecule has 0 bridgehead atoms. The molecule has 40 heavy (non-hydrogen) atoms. The Morgan fingerprint density at radius 3 is 2.23 bits per heavy atom. The number of carbonyl (C=O) groups excluding carboxylic acids is 2. The molecule has 1 atom stereocenters. The third kappa shape index (κ3) is 8.46. The van der Waals surface area contributed by atoms with Crippen LogP contribution < -0.4 is 9.62 Å². The van der Waals surface area contributed by atoms with Crippen molar-refractivity contribution >= 4 is 50.7 Å². The molecule has 0 saturated heterocycles. The zero-order valence-corrected chi connectivity index (χ0v) is 25.3. The van der Waals surface area contributed by atoms with Crippen molar-refractivity contribution in [3.05, 3.63) is 99.5 Å². The van der Waals surface area contributed by atoms with E-state index in [9.17, 15) is 18.0 Å². The molecule has 0 heterocycles. The molecule has 0 spiro atoms. The SMILES string of the molecule is CCCNC(=O)C(Cc1ccccc1)N(Cc1ccc(Cl)cc1Cl)C(=O)CN(c1ccccc1CC)S(C)(=O)=O. The summed E-state index contributed by atoms with van der Waals surface area (Å²) >= 11 is 12.6. The maximum atomic E-state index is 14.1. The van der Waals surface area contributed by atoms with Crippen molar-refractivity contribution in [3.63, 3.8) is 0 Å². The number of nitrogens with one attached hydrogen (secondary N) is 1. The van der Waals surface area contributed by atoms with Gasteiger partial charge in [0.1, 0.15) is 12.6 Å². The third-order valence-corrected chi connectivity index (χ3v) is 8.21. The lowest BCUT2D eigenvalue weighted by atomic mass is 10.0. The van der Waals surface area contributed by atoms with Crippen molar-refractivity contribution < 1.29 is 18.0 Å². The van der Waals surface area contributed by atoms with Gasteiger partial charge in [-0.1, -0.05) is 91.6 Å². The van der Waals surface area contributed by atoms with Crippen LogP contribution in [0.25, 0.3) is 0 Å². The van der Waals surface area contributed by atoms with E-state index < -0.39 is 28.5 Å². The van der Waals surface area contributed by atoms with E-state index in [0.29, 0.717) is 34.3 Å². The first kappa shape index (κ1) is 31.5. The Morgan fingerprint density at radius 2 is 1.60 bits per heavy atom. The third-order valence-electron chi connectivity index (χ3n) is 6.50. The van der Waals surface area contributed by atoms with Crippen molar-refractivity contribution in [2.24, 2.45) is 0 Å². The summed E-state index contributed by atoms with van der Waals surface area (Å²) in [6, 6.07) is 20.5. The van der Waals surface area contributed by atoms with Gasteiger partial charge >= 0.3 is 0 Å². The number of benzene rings is 3. The van der Waals surface area contributed by atoms with Crippen molar-refractivity contribution in [2.45, 2.75) is 45.7 Å². The summed E-state index contributed by atoms with van der Waals surface area (Å²) in [6.45, 7) is 3.81. The average molecular weight is 605 g/mol. The number of nitrogens with zero attached hydrogens (tertiary/aromatic N) is 2. The molecular formula is C30H35Cl2N3O4S. The van der Waals surface area contributed by atoms with Crippen LogP contribution in [0.4, 0.5) is 5.69 Å². The number of sulfonamides is 1. The Balaban J connectivity index is 2.09. The van der Waals surface area contributed by atoms with Gasteiger partial charge in [0, 0.05) is 29.6 Å². The van der Waals surface area contributed by atoms with Gasteiger partial charge < -0.3 is 10.2 Å². The summed E-state index contributed by atoms with van der Waals surface area (Å²) in [4.78, 5) is 29.1. The highest BCUT2D eigenvalue weighted by Gasteiger charge is 2.33. The number of anilines is 1. The fraction of sp³-hybridized carbons (Fsp3) is 0.333. The lowest BCUT2D eigenvalue weighted by Crippen LogP contribution is -2.53. The van der Waals surface area contributed by atoms with Gasteiger partial charge in [-0.15, -0.1) is 0 Å². The molecule has 0 aliphatic heterocycles. The smallest absolute Gasteiger partial charge is 0.244 e. The largest absolute Gasteiger partial charge is 0.354 e. The molecule has 214 valence electrons. The molecule has 7 nitrogen and oxygen atoms in total. The van der Waals surface area contributed by atoms with Crippen LogP contribution in [0.2, 0.25) is 10.0 Å². The van der Waals surface area contributed by atoms with Crippen LogP contribution in [0.1, 0.15) is 37.0 Å². The molecule has 2 amide bonds. The van der Waals surface area contributed by atoms with Gasteiger partial charge in [-0.05, 0) is 47.7 Å². The van der Waals surface area contributed by atoms with Gasteiger partial charge in [0.05, 0.1) is 11.9 Å². The molecule has 0 aliphatic carbocycles. The number of amides is 2. The number of halogens is 2. The Kier molecular flexibility index (Phi) is 11.4. The second kappa shape index (κ2) is 14.5. The normalized spacial score (nSPS) is 12.0. The molecule has 0 fully saturated rings. The predicted molar refractivity (Wildman–Crippen MR) is 162 cm³/mol. The van der Waals surface area contributed by atoms with Crippen molar-refractivity contribution in [3.8, 4) is 0 Å². The monoisotopic (exact) mass is 603 g/mol. The second-order valence-corrected chi connectivity index (χ2v) is 12.3. The summed E-state index contributed by atoms with van der Waals surface area (Å²) in [5, 5.41) is 3.69. The zero-order valence-electron chi connectivity index (χ0n) is 22.9. The highest BCUT2D eigenvalue weighted by atomic mass is 35.5. The highest BCUT2D eigenvalue weighted by Crippen LogP contribution is 2.26. The lowest BCUT2D eigenvalue weighted by Gasteiger charge is -2.34. The number of aryl methyl sites for hydroxylation is 1. The number of para-hydroxylation sites is 1. The highest BCUT2D eigenvalue weighted by molar-refractivity contribution is 7.92. The van der Waals surface area contributed by atoms with E-state index in [2.05, 4.69) is 5.32 Å². The topological polar surface area (TPSA) is 86.8 Å². The summed E-state index contributed by atoms with van der Waals surface area (Å²) < 4.78 is 27.1. The molecule has 0 aromatic heterocycles. The van der Waals surface area contributed by atoms with Gasteiger partial charge in [0.15, 0.2) is 0 Å². The van der Waals surface area contributed by atoms with Gasteiger partial charge in [0.2, 0.25) is 21.8 Å². The first-order valence-electron chi connectivity index (χ1n) is 13.2. The number of carbonyl (C=O) groups is 2. The van der Waals surface area contributed by atoms with E-state index in [1.54, 1.807) is 30.3 Å². The van der Waals surface area contributed by atoms with Crippen LogP contribution in [-0.4, -0.2) is 50.5 Å². The summed E-state index contributed by atoms with van der Waals surface area (Å²) in [6.07, 6.45) is 2.60. The number of hydrogen-bond acceptors (Lipinski definition) is 4. The zero-order chi connectivity index (χ0) is 29.3. The van der Waals surface area contributed by atoms with Crippen LogP contribution in [0.15, 0.2) is 72.8 Å². The molecule has 3 aromatic carbocycles. The Morgan fingerprint density at radius 1 is 0.925 bits per heavy atom. The summed E-state index contributed by atoms with van der Waals surface area (Å²) in [5.74, 6) is -0.862.